The monoisotopic (exact) mass is 458 g/mol. The van der Waals surface area contributed by atoms with Crippen molar-refractivity contribution in [2.75, 3.05) is 18.5 Å². The molecule has 0 saturated heterocycles. The van der Waals surface area contributed by atoms with E-state index in [1.807, 2.05) is 48.5 Å². The van der Waals surface area contributed by atoms with Crippen LogP contribution in [0, 0.1) is 0 Å². The number of carbonyl (C=O) groups excluding carboxylic acids is 3. The Morgan fingerprint density at radius 1 is 0.794 bits per heavy atom. The molecular formula is C26H26N4O4. The fraction of sp³-hybridized carbons (Fsp3) is 0.154. The van der Waals surface area contributed by atoms with E-state index in [4.69, 9.17) is 4.74 Å². The molecule has 0 radical (unpaired) electrons. The van der Waals surface area contributed by atoms with E-state index in [0.717, 1.165) is 5.56 Å². The second kappa shape index (κ2) is 13.2. The molecule has 34 heavy (non-hydrogen) atoms. The molecule has 0 aliphatic rings. The average molecular weight is 459 g/mol. The van der Waals surface area contributed by atoms with Gasteiger partial charge in [0.05, 0.1) is 6.21 Å². The number of rotatable bonds is 11. The number of nitrogens with one attached hydrogen (secondary N) is 3. The van der Waals surface area contributed by atoms with Gasteiger partial charge in [-0.1, -0.05) is 48.5 Å². The van der Waals surface area contributed by atoms with Crippen LogP contribution in [0.5, 0.6) is 5.75 Å². The van der Waals surface area contributed by atoms with Gasteiger partial charge in [0.2, 0.25) is 11.8 Å². The predicted octanol–water partition coefficient (Wildman–Crippen LogP) is 2.90. The van der Waals surface area contributed by atoms with E-state index in [1.165, 1.54) is 6.21 Å². The second-order valence-corrected chi connectivity index (χ2v) is 7.33. The molecule has 0 saturated carbocycles. The van der Waals surface area contributed by atoms with Crippen LogP contribution in [0.1, 0.15) is 17.5 Å². The van der Waals surface area contributed by atoms with Gasteiger partial charge in [0.15, 0.2) is 6.61 Å². The van der Waals surface area contributed by atoms with E-state index in [0.29, 0.717) is 30.0 Å². The van der Waals surface area contributed by atoms with Crippen molar-refractivity contribution in [2.45, 2.75) is 12.8 Å². The van der Waals surface area contributed by atoms with E-state index >= 15 is 0 Å². The first kappa shape index (κ1) is 24.2. The number of carbonyl (C=O) groups is 3. The van der Waals surface area contributed by atoms with E-state index < -0.39 is 5.91 Å². The molecule has 0 unspecified atom stereocenters. The van der Waals surface area contributed by atoms with Crippen molar-refractivity contribution in [1.29, 1.82) is 0 Å². The number of benzene rings is 3. The molecule has 3 aromatic rings. The molecule has 0 fully saturated rings. The Morgan fingerprint density at radius 2 is 1.47 bits per heavy atom. The Bertz CT molecular complexity index is 1100. The normalized spacial score (nSPS) is 10.5. The minimum Gasteiger partial charge on any atom is -0.484 e. The Labute approximate surface area is 198 Å². The molecule has 3 aromatic carbocycles. The minimum atomic E-state index is -0.502. The summed E-state index contributed by atoms with van der Waals surface area (Å²) in [6.45, 7) is 0.341. The Kier molecular flexibility index (Phi) is 9.37. The van der Waals surface area contributed by atoms with Gasteiger partial charge in [-0.2, -0.15) is 5.10 Å². The molecule has 0 aliphatic carbocycles. The summed E-state index contributed by atoms with van der Waals surface area (Å²) < 4.78 is 5.47. The number of ether oxygens (including phenoxy) is 1. The van der Waals surface area contributed by atoms with Gasteiger partial charge in [0, 0.05) is 12.2 Å². The molecule has 3 rings (SSSR count). The lowest BCUT2D eigenvalue weighted by Gasteiger charge is -2.07. The molecule has 3 amide bonds. The molecule has 0 bridgehead atoms. The Hall–Kier alpha value is -4.46. The summed E-state index contributed by atoms with van der Waals surface area (Å²) in [5.74, 6) is -0.598. The molecule has 0 aliphatic heterocycles. The van der Waals surface area contributed by atoms with Crippen molar-refractivity contribution < 1.29 is 19.1 Å². The zero-order chi connectivity index (χ0) is 24.0. The first-order valence-electron chi connectivity index (χ1n) is 10.8. The van der Waals surface area contributed by atoms with Gasteiger partial charge in [0.25, 0.3) is 5.91 Å². The van der Waals surface area contributed by atoms with Crippen LogP contribution in [-0.2, 0) is 20.8 Å². The number of hydrogen-bond donors (Lipinski definition) is 3. The van der Waals surface area contributed by atoms with E-state index in [-0.39, 0.29) is 24.8 Å². The summed E-state index contributed by atoms with van der Waals surface area (Å²) in [6, 6.07) is 25.8. The summed E-state index contributed by atoms with van der Waals surface area (Å²) in [5, 5.41) is 9.32. The van der Waals surface area contributed by atoms with Gasteiger partial charge in [0.1, 0.15) is 12.2 Å². The summed E-state index contributed by atoms with van der Waals surface area (Å²) in [5.41, 5.74) is 4.87. The standard InChI is InChI=1S/C26H26N4O4/c31-24(27-16-15-20-7-3-1-4-8-20)17-25(32)30-28-18-21-11-13-23(14-12-21)34-19-26(33)29-22-9-5-2-6-10-22/h1-14,18H,15-17,19H2,(H,27,31)(H,29,33)(H,30,32)/b28-18+. The van der Waals surface area contributed by atoms with Crippen LogP contribution in [0.4, 0.5) is 5.69 Å². The van der Waals surface area contributed by atoms with Gasteiger partial charge < -0.3 is 15.4 Å². The van der Waals surface area contributed by atoms with Crippen molar-refractivity contribution in [2.24, 2.45) is 5.10 Å². The highest BCUT2D eigenvalue weighted by molar-refractivity contribution is 5.97. The average Bonchev–Trinajstić information content (AvgIpc) is 2.85. The lowest BCUT2D eigenvalue weighted by atomic mass is 10.1. The van der Waals surface area contributed by atoms with E-state index in [1.54, 1.807) is 36.4 Å². The van der Waals surface area contributed by atoms with E-state index in [2.05, 4.69) is 21.2 Å². The molecule has 0 aromatic heterocycles. The summed E-state index contributed by atoms with van der Waals surface area (Å²) in [7, 11) is 0. The van der Waals surface area contributed by atoms with Crippen LogP contribution in [0.25, 0.3) is 0 Å². The fourth-order valence-corrected chi connectivity index (χ4v) is 2.94. The number of amides is 3. The predicted molar refractivity (Wildman–Crippen MR) is 131 cm³/mol. The van der Waals surface area contributed by atoms with Gasteiger partial charge in [-0.3, -0.25) is 14.4 Å². The molecule has 0 spiro atoms. The third-order valence-corrected chi connectivity index (χ3v) is 4.61. The summed E-state index contributed by atoms with van der Waals surface area (Å²) >= 11 is 0. The van der Waals surface area contributed by atoms with Crippen LogP contribution in [0.15, 0.2) is 90.0 Å². The van der Waals surface area contributed by atoms with Crippen LogP contribution >= 0.6 is 0 Å². The maximum absolute atomic E-state index is 11.9. The molecular weight excluding hydrogens is 432 g/mol. The van der Waals surface area contributed by atoms with Crippen molar-refractivity contribution in [3.05, 3.63) is 96.1 Å². The second-order valence-electron chi connectivity index (χ2n) is 7.33. The first-order valence-corrected chi connectivity index (χ1v) is 10.8. The van der Waals surface area contributed by atoms with Crippen molar-refractivity contribution in [1.82, 2.24) is 10.7 Å². The smallest absolute Gasteiger partial charge is 0.262 e. The number of nitrogens with zero attached hydrogens (tertiary/aromatic N) is 1. The highest BCUT2D eigenvalue weighted by Crippen LogP contribution is 2.11. The first-order chi connectivity index (χ1) is 16.6. The maximum Gasteiger partial charge on any atom is 0.262 e. The van der Waals surface area contributed by atoms with Crippen LogP contribution in [0.2, 0.25) is 0 Å². The third-order valence-electron chi connectivity index (χ3n) is 4.61. The van der Waals surface area contributed by atoms with E-state index in [9.17, 15) is 14.4 Å². The van der Waals surface area contributed by atoms with Crippen molar-refractivity contribution in [3.63, 3.8) is 0 Å². The fourth-order valence-electron chi connectivity index (χ4n) is 2.94. The van der Waals surface area contributed by atoms with Gasteiger partial charge in [-0.25, -0.2) is 5.43 Å². The lowest BCUT2D eigenvalue weighted by molar-refractivity contribution is -0.129. The molecule has 0 heterocycles. The number of hydrazone groups is 1. The van der Waals surface area contributed by atoms with Gasteiger partial charge >= 0.3 is 0 Å². The van der Waals surface area contributed by atoms with Gasteiger partial charge in [-0.15, -0.1) is 0 Å². The summed E-state index contributed by atoms with van der Waals surface area (Å²) in [6.07, 6.45) is 1.85. The molecule has 8 heteroatoms. The highest BCUT2D eigenvalue weighted by Gasteiger charge is 2.08. The maximum atomic E-state index is 11.9. The molecule has 0 atom stereocenters. The molecule has 8 nitrogen and oxygen atoms in total. The van der Waals surface area contributed by atoms with Crippen LogP contribution in [-0.4, -0.2) is 37.1 Å². The molecule has 3 N–H and O–H groups in total. The van der Waals surface area contributed by atoms with Crippen molar-refractivity contribution >= 4 is 29.6 Å². The Morgan fingerprint density at radius 3 is 2.18 bits per heavy atom. The largest absolute Gasteiger partial charge is 0.484 e. The Balaban J connectivity index is 1.33. The van der Waals surface area contributed by atoms with Gasteiger partial charge in [-0.05, 0) is 53.9 Å². The third kappa shape index (κ3) is 8.96. The number of hydrogen-bond acceptors (Lipinski definition) is 5. The number of para-hydroxylation sites is 1. The lowest BCUT2D eigenvalue weighted by Crippen LogP contribution is -2.31. The number of anilines is 1. The van der Waals surface area contributed by atoms with Crippen LogP contribution in [0.3, 0.4) is 0 Å². The van der Waals surface area contributed by atoms with Crippen molar-refractivity contribution in [3.8, 4) is 5.75 Å². The van der Waals surface area contributed by atoms with Crippen LogP contribution < -0.4 is 20.8 Å². The summed E-state index contributed by atoms with van der Waals surface area (Å²) in [4.78, 5) is 35.7. The zero-order valence-corrected chi connectivity index (χ0v) is 18.6. The zero-order valence-electron chi connectivity index (χ0n) is 18.6. The quantitative estimate of drug-likeness (QED) is 0.233. The highest BCUT2D eigenvalue weighted by atomic mass is 16.5. The molecule has 174 valence electrons. The SMILES string of the molecule is O=C(CC(=O)N/N=C/c1ccc(OCC(=O)Nc2ccccc2)cc1)NCCc1ccccc1. The minimum absolute atomic E-state index is 0.119. The topological polar surface area (TPSA) is 109 Å².